The second-order valence-corrected chi connectivity index (χ2v) is 3.19. The van der Waals surface area contributed by atoms with Crippen LogP contribution in [0.25, 0.3) is 0 Å². The zero-order valence-electron chi connectivity index (χ0n) is 6.06. The molecule has 0 fully saturated rings. The van der Waals surface area contributed by atoms with Gasteiger partial charge in [0.2, 0.25) is 5.95 Å². The zero-order chi connectivity index (χ0) is 10.0. The van der Waals surface area contributed by atoms with E-state index in [2.05, 4.69) is 4.98 Å². The van der Waals surface area contributed by atoms with E-state index in [1.54, 1.807) is 28.7 Å². The lowest BCUT2D eigenvalue weighted by Gasteiger charge is -2.01. The Kier molecular flexibility index (Phi) is 3.08. The first kappa shape index (κ1) is 10.2. The van der Waals surface area contributed by atoms with Crippen LogP contribution in [-0.4, -0.2) is 4.98 Å². The Morgan fingerprint density at radius 3 is 2.62 bits per heavy atom. The predicted octanol–water partition coefficient (Wildman–Crippen LogP) is 2.63. The molecule has 13 heavy (non-hydrogen) atoms. The second-order valence-electron chi connectivity index (χ2n) is 2.11. The Bertz CT molecular complexity index is 373. The zero-order valence-corrected chi connectivity index (χ0v) is 8.22. The van der Waals surface area contributed by atoms with Gasteiger partial charge in [0.15, 0.2) is 0 Å². The van der Waals surface area contributed by atoms with Gasteiger partial charge in [-0.15, -0.1) is 0 Å². The summed E-state index contributed by atoms with van der Waals surface area (Å²) < 4.78 is 36.9. The van der Waals surface area contributed by atoms with Crippen molar-refractivity contribution in [3.8, 4) is 6.07 Å². The van der Waals surface area contributed by atoms with Crippen molar-refractivity contribution in [1.29, 1.82) is 5.26 Å². The molecule has 0 radical (unpaired) electrons. The highest BCUT2D eigenvalue weighted by atomic mass is 127. The average molecular weight is 298 g/mol. The van der Waals surface area contributed by atoms with Gasteiger partial charge in [0, 0.05) is 0 Å². The summed E-state index contributed by atoms with van der Waals surface area (Å²) in [4.78, 5) is 3.01. The highest BCUT2D eigenvalue weighted by molar-refractivity contribution is 14.1. The fourth-order valence-electron chi connectivity index (χ4n) is 0.710. The van der Waals surface area contributed by atoms with Crippen LogP contribution in [0.3, 0.4) is 0 Å². The van der Waals surface area contributed by atoms with E-state index in [1.165, 1.54) is 0 Å². The first-order valence-corrected chi connectivity index (χ1v) is 4.18. The van der Waals surface area contributed by atoms with E-state index in [0.29, 0.717) is 0 Å². The number of hydrogen-bond donors (Lipinski definition) is 0. The van der Waals surface area contributed by atoms with Crippen LogP contribution in [0.15, 0.2) is 6.07 Å². The third-order valence-electron chi connectivity index (χ3n) is 1.28. The fourth-order valence-corrected chi connectivity index (χ4v) is 1.11. The maximum absolute atomic E-state index is 12.8. The Balaban J connectivity index is 3.32. The number of hydrogen-bond acceptors (Lipinski definition) is 2. The van der Waals surface area contributed by atoms with Crippen molar-refractivity contribution in [1.82, 2.24) is 4.98 Å². The molecule has 0 aliphatic heterocycles. The second kappa shape index (κ2) is 3.91. The van der Waals surface area contributed by atoms with Crippen LogP contribution in [-0.2, 0) is 0 Å². The van der Waals surface area contributed by atoms with Gasteiger partial charge in [0.25, 0.3) is 6.43 Å². The summed E-state index contributed by atoms with van der Waals surface area (Å²) in [5.74, 6) is -1.03. The van der Waals surface area contributed by atoms with Crippen LogP contribution in [0.2, 0.25) is 0 Å². The molecule has 0 N–H and O–H groups in total. The number of halogens is 4. The van der Waals surface area contributed by atoms with Crippen LogP contribution < -0.4 is 0 Å². The molecule has 1 rings (SSSR count). The highest BCUT2D eigenvalue weighted by Gasteiger charge is 2.15. The normalized spacial score (nSPS) is 10.2. The molecule has 1 aromatic rings. The first-order valence-electron chi connectivity index (χ1n) is 3.10. The van der Waals surface area contributed by atoms with Crippen molar-refractivity contribution in [2.24, 2.45) is 0 Å². The van der Waals surface area contributed by atoms with Gasteiger partial charge in [-0.05, 0) is 28.7 Å². The van der Waals surface area contributed by atoms with Crippen molar-refractivity contribution in [3.05, 3.63) is 26.8 Å². The third kappa shape index (κ3) is 2.09. The number of aromatic nitrogens is 1. The molecule has 0 amide bonds. The quantitative estimate of drug-likeness (QED) is 0.590. The molecule has 0 atom stereocenters. The fraction of sp³-hybridized carbons (Fsp3) is 0.143. The van der Waals surface area contributed by atoms with Crippen LogP contribution >= 0.6 is 22.6 Å². The maximum atomic E-state index is 12.8. The Hall–Kier alpha value is -0.840. The van der Waals surface area contributed by atoms with E-state index in [9.17, 15) is 13.2 Å². The van der Waals surface area contributed by atoms with Gasteiger partial charge in [-0.25, -0.2) is 13.8 Å². The standard InChI is InChI=1S/C7H2F3IN2/c8-6(9)4-1-3(2-12)5(11)7(10)13-4/h1,6H. The van der Waals surface area contributed by atoms with E-state index in [4.69, 9.17) is 5.26 Å². The van der Waals surface area contributed by atoms with Crippen LogP contribution in [0.5, 0.6) is 0 Å². The summed E-state index contributed by atoms with van der Waals surface area (Å²) in [7, 11) is 0. The van der Waals surface area contributed by atoms with Crippen molar-refractivity contribution >= 4 is 22.6 Å². The van der Waals surface area contributed by atoms with Crippen molar-refractivity contribution in [2.75, 3.05) is 0 Å². The summed E-state index contributed by atoms with van der Waals surface area (Å²) in [5.41, 5.74) is -0.835. The number of rotatable bonds is 1. The summed E-state index contributed by atoms with van der Waals surface area (Å²) >= 11 is 1.54. The van der Waals surface area contributed by atoms with Crippen molar-refractivity contribution in [3.63, 3.8) is 0 Å². The molecule has 0 spiro atoms. The molecule has 0 unspecified atom stereocenters. The molecule has 0 saturated carbocycles. The first-order chi connectivity index (χ1) is 6.06. The number of pyridine rings is 1. The summed E-state index contributed by atoms with van der Waals surface area (Å²) in [6.45, 7) is 0. The van der Waals surface area contributed by atoms with Gasteiger partial charge < -0.3 is 0 Å². The molecule has 68 valence electrons. The van der Waals surface area contributed by atoms with Crippen molar-refractivity contribution < 1.29 is 13.2 Å². The van der Waals surface area contributed by atoms with Crippen LogP contribution in [0, 0.1) is 20.8 Å². The van der Waals surface area contributed by atoms with Gasteiger partial charge in [-0.2, -0.15) is 9.65 Å². The highest BCUT2D eigenvalue weighted by Crippen LogP contribution is 2.21. The molecule has 1 aromatic heterocycles. The Morgan fingerprint density at radius 2 is 2.15 bits per heavy atom. The minimum Gasteiger partial charge on any atom is -0.218 e. The predicted molar refractivity (Wildman–Crippen MR) is 46.6 cm³/mol. The SMILES string of the molecule is N#Cc1cc(C(F)F)nc(F)c1I. The Morgan fingerprint density at radius 1 is 1.54 bits per heavy atom. The van der Waals surface area contributed by atoms with Gasteiger partial charge in [0.05, 0.1) is 9.13 Å². The monoisotopic (exact) mass is 298 g/mol. The molecule has 0 aliphatic carbocycles. The lowest BCUT2D eigenvalue weighted by Crippen LogP contribution is -1.99. The number of nitrogens with zero attached hydrogens (tertiary/aromatic N) is 2. The summed E-state index contributed by atoms with van der Waals surface area (Å²) in [5, 5.41) is 8.45. The van der Waals surface area contributed by atoms with E-state index >= 15 is 0 Å². The molecular weight excluding hydrogens is 296 g/mol. The molecule has 1 heterocycles. The van der Waals surface area contributed by atoms with Crippen LogP contribution in [0.1, 0.15) is 17.7 Å². The van der Waals surface area contributed by atoms with E-state index in [0.717, 1.165) is 6.07 Å². The van der Waals surface area contributed by atoms with Crippen LogP contribution in [0.4, 0.5) is 13.2 Å². The maximum Gasteiger partial charge on any atom is 0.280 e. The van der Waals surface area contributed by atoms with Crippen molar-refractivity contribution in [2.45, 2.75) is 6.43 Å². The van der Waals surface area contributed by atoms with E-state index in [1.807, 2.05) is 0 Å². The smallest absolute Gasteiger partial charge is 0.218 e. The Labute approximate surface area is 85.5 Å². The van der Waals surface area contributed by atoms with Gasteiger partial charge >= 0.3 is 0 Å². The minimum atomic E-state index is -2.86. The molecule has 6 heteroatoms. The summed E-state index contributed by atoms with van der Waals surface area (Å²) in [6.07, 6.45) is -2.86. The molecule has 0 aliphatic rings. The topological polar surface area (TPSA) is 36.7 Å². The lowest BCUT2D eigenvalue weighted by molar-refractivity contribution is 0.144. The third-order valence-corrected chi connectivity index (χ3v) is 2.31. The molecule has 0 saturated heterocycles. The average Bonchev–Trinajstić information content (AvgIpc) is 2.09. The summed E-state index contributed by atoms with van der Waals surface area (Å²) in [6, 6.07) is 2.49. The lowest BCUT2D eigenvalue weighted by atomic mass is 10.2. The van der Waals surface area contributed by atoms with Gasteiger partial charge in [0.1, 0.15) is 11.8 Å². The minimum absolute atomic E-state index is 0.0375. The number of alkyl halides is 2. The molecule has 0 aromatic carbocycles. The number of nitriles is 1. The molecule has 2 nitrogen and oxygen atoms in total. The largest absolute Gasteiger partial charge is 0.280 e. The van der Waals surface area contributed by atoms with E-state index < -0.39 is 18.1 Å². The molecule has 0 bridgehead atoms. The van der Waals surface area contributed by atoms with Gasteiger partial charge in [-0.3, -0.25) is 0 Å². The molecular formula is C7H2F3IN2. The van der Waals surface area contributed by atoms with E-state index in [-0.39, 0.29) is 9.13 Å². The van der Waals surface area contributed by atoms with Gasteiger partial charge in [-0.1, -0.05) is 0 Å².